The van der Waals surface area contributed by atoms with Crippen LogP contribution < -0.4 is 10.2 Å². The monoisotopic (exact) mass is 589 g/mol. The van der Waals surface area contributed by atoms with Crippen molar-refractivity contribution in [2.45, 2.75) is 25.3 Å². The number of hydrogen-bond donors (Lipinski definition) is 1. The molecule has 0 aliphatic rings. The molecule has 2 aromatic heterocycles. The highest BCUT2D eigenvalue weighted by atomic mass is 19.4. The Balaban J connectivity index is 1.54. The lowest BCUT2D eigenvalue weighted by Crippen LogP contribution is -2.45. The van der Waals surface area contributed by atoms with E-state index in [-0.39, 0.29) is 23.6 Å². The topological polar surface area (TPSA) is 106 Å². The van der Waals surface area contributed by atoms with E-state index in [1.165, 1.54) is 48.8 Å². The number of pyridine rings is 1. The van der Waals surface area contributed by atoms with Crippen molar-refractivity contribution >= 4 is 17.5 Å². The largest absolute Gasteiger partial charge is 0.416 e. The predicted molar refractivity (Wildman–Crippen MR) is 147 cm³/mol. The lowest BCUT2D eigenvalue weighted by molar-refractivity contribution is -0.137. The van der Waals surface area contributed by atoms with Crippen molar-refractivity contribution in [3.8, 4) is 11.4 Å². The fourth-order valence-electron chi connectivity index (χ4n) is 4.37. The van der Waals surface area contributed by atoms with Crippen molar-refractivity contribution in [1.29, 1.82) is 0 Å². The summed E-state index contributed by atoms with van der Waals surface area (Å²) in [4.78, 5) is 33.5. The Morgan fingerprint density at radius 1 is 0.907 bits per heavy atom. The maximum Gasteiger partial charge on any atom is 0.416 e. The van der Waals surface area contributed by atoms with Crippen molar-refractivity contribution in [1.82, 2.24) is 30.5 Å². The highest BCUT2D eigenvalue weighted by Gasteiger charge is 2.36. The van der Waals surface area contributed by atoms with E-state index in [2.05, 4.69) is 25.7 Å². The van der Waals surface area contributed by atoms with Gasteiger partial charge in [-0.1, -0.05) is 48.5 Å². The van der Waals surface area contributed by atoms with Crippen molar-refractivity contribution in [3.05, 3.63) is 126 Å². The molecule has 1 atom stereocenters. The van der Waals surface area contributed by atoms with E-state index in [1.807, 2.05) is 6.07 Å². The van der Waals surface area contributed by atoms with Crippen LogP contribution in [0.4, 0.5) is 23.2 Å². The van der Waals surface area contributed by atoms with Gasteiger partial charge in [-0.15, -0.1) is 10.2 Å². The zero-order valence-electron chi connectivity index (χ0n) is 22.3. The normalized spacial score (nSPS) is 12.0. The van der Waals surface area contributed by atoms with Gasteiger partial charge in [-0.3, -0.25) is 19.5 Å². The molecule has 0 saturated heterocycles. The molecule has 2 heterocycles. The molecule has 5 aromatic rings. The van der Waals surface area contributed by atoms with E-state index < -0.39 is 42.0 Å². The van der Waals surface area contributed by atoms with Gasteiger partial charge < -0.3 is 5.32 Å². The fourth-order valence-corrected chi connectivity index (χ4v) is 4.37. The summed E-state index contributed by atoms with van der Waals surface area (Å²) in [5.74, 6) is -2.18. The van der Waals surface area contributed by atoms with Gasteiger partial charge in [-0.2, -0.15) is 18.0 Å². The molecule has 43 heavy (non-hydrogen) atoms. The number of carbonyl (C=O) groups is 2. The van der Waals surface area contributed by atoms with Gasteiger partial charge in [-0.25, -0.2) is 4.39 Å². The van der Waals surface area contributed by atoms with Gasteiger partial charge in [-0.05, 0) is 58.8 Å². The molecule has 0 fully saturated rings. The minimum absolute atomic E-state index is 0.0471. The first kappa shape index (κ1) is 29.0. The highest BCUT2D eigenvalue weighted by molar-refractivity contribution is 6.01. The Kier molecular flexibility index (Phi) is 8.51. The van der Waals surface area contributed by atoms with Crippen molar-refractivity contribution < 1.29 is 27.2 Å². The molecule has 0 radical (unpaired) electrons. The zero-order chi connectivity index (χ0) is 30.4. The second kappa shape index (κ2) is 12.6. The number of nitrogens with one attached hydrogen (secondary N) is 1. The van der Waals surface area contributed by atoms with E-state index in [0.29, 0.717) is 5.56 Å². The van der Waals surface area contributed by atoms with E-state index >= 15 is 0 Å². The first-order valence-corrected chi connectivity index (χ1v) is 12.9. The van der Waals surface area contributed by atoms with Gasteiger partial charge in [0.05, 0.1) is 11.1 Å². The summed E-state index contributed by atoms with van der Waals surface area (Å²) in [5.41, 5.74) is -0.0859. The van der Waals surface area contributed by atoms with Gasteiger partial charge in [0.15, 0.2) is 0 Å². The first-order valence-electron chi connectivity index (χ1n) is 12.9. The average Bonchev–Trinajstić information content (AvgIpc) is 3.47. The molecule has 0 spiro atoms. The molecule has 13 heteroatoms. The van der Waals surface area contributed by atoms with E-state index in [9.17, 15) is 27.2 Å². The van der Waals surface area contributed by atoms with Crippen LogP contribution in [0.2, 0.25) is 0 Å². The Bertz CT molecular complexity index is 1710. The quantitative estimate of drug-likeness (QED) is 0.243. The molecule has 0 aliphatic heterocycles. The molecule has 2 amide bonds. The van der Waals surface area contributed by atoms with E-state index in [4.69, 9.17) is 0 Å². The molecule has 218 valence electrons. The Hall–Kier alpha value is -5.46. The molecule has 3 aromatic carbocycles. The third-order valence-corrected chi connectivity index (χ3v) is 6.40. The number of amides is 2. The maximum atomic E-state index is 14.3. The van der Waals surface area contributed by atoms with Crippen molar-refractivity contribution in [2.75, 3.05) is 4.90 Å². The summed E-state index contributed by atoms with van der Waals surface area (Å²) < 4.78 is 55.4. The summed E-state index contributed by atoms with van der Waals surface area (Å²) >= 11 is 0. The molecule has 0 saturated carbocycles. The summed E-state index contributed by atoms with van der Waals surface area (Å²) in [5, 5.41) is 14.5. The second-order valence-corrected chi connectivity index (χ2v) is 9.32. The van der Waals surface area contributed by atoms with Gasteiger partial charge in [0.1, 0.15) is 18.4 Å². The van der Waals surface area contributed by atoms with Crippen LogP contribution in [0.3, 0.4) is 0 Å². The number of alkyl halides is 3. The Morgan fingerprint density at radius 2 is 1.63 bits per heavy atom. The number of benzene rings is 3. The van der Waals surface area contributed by atoms with Gasteiger partial charge in [0.2, 0.25) is 11.7 Å². The lowest BCUT2D eigenvalue weighted by Gasteiger charge is -2.31. The number of rotatable bonds is 9. The van der Waals surface area contributed by atoms with Crippen LogP contribution in [0.1, 0.15) is 22.7 Å². The third-order valence-electron chi connectivity index (χ3n) is 6.40. The number of hydrogen-bond acceptors (Lipinski definition) is 6. The minimum Gasteiger partial charge on any atom is -0.350 e. The molecule has 0 bridgehead atoms. The van der Waals surface area contributed by atoms with E-state index in [0.717, 1.165) is 33.5 Å². The molecule has 5 rings (SSSR count). The fraction of sp³-hybridized carbons (Fsp3) is 0.133. The lowest BCUT2D eigenvalue weighted by atomic mass is 10.0. The number of anilines is 1. The summed E-state index contributed by atoms with van der Waals surface area (Å²) in [6.45, 7) is -0.520. The maximum absolute atomic E-state index is 14.3. The van der Waals surface area contributed by atoms with Gasteiger partial charge in [0.25, 0.3) is 5.91 Å². The molecular formula is C30H23F4N7O2. The SMILES string of the molecule is O=C(NCc1ccccc1)[C@@H](c1ccncc1)N(C(=O)Cn1nnc(-c2ccccc2F)n1)c1cccc(C(F)(F)F)c1. The molecule has 1 N–H and O–H groups in total. The van der Waals surface area contributed by atoms with Crippen molar-refractivity contribution in [2.24, 2.45) is 0 Å². The summed E-state index contributed by atoms with van der Waals surface area (Å²) in [7, 11) is 0. The average molecular weight is 590 g/mol. The molecular weight excluding hydrogens is 566 g/mol. The Labute approximate surface area is 242 Å². The zero-order valence-corrected chi connectivity index (χ0v) is 22.3. The summed E-state index contributed by atoms with van der Waals surface area (Å²) in [6.07, 6.45) is -1.91. The van der Waals surface area contributed by atoms with Gasteiger partial charge in [0, 0.05) is 24.6 Å². The van der Waals surface area contributed by atoms with Crippen LogP contribution in [0, 0.1) is 5.82 Å². The second-order valence-electron chi connectivity index (χ2n) is 9.32. The smallest absolute Gasteiger partial charge is 0.350 e. The number of aromatic nitrogens is 5. The van der Waals surface area contributed by atoms with Crippen LogP contribution in [0.15, 0.2) is 103 Å². The highest BCUT2D eigenvalue weighted by Crippen LogP contribution is 2.35. The van der Waals surface area contributed by atoms with Crippen LogP contribution in [0.5, 0.6) is 0 Å². The van der Waals surface area contributed by atoms with Crippen LogP contribution in [-0.2, 0) is 28.9 Å². The minimum atomic E-state index is -4.71. The molecule has 9 nitrogen and oxygen atoms in total. The van der Waals surface area contributed by atoms with Crippen molar-refractivity contribution in [3.63, 3.8) is 0 Å². The van der Waals surface area contributed by atoms with Crippen LogP contribution in [0.25, 0.3) is 11.4 Å². The van der Waals surface area contributed by atoms with Crippen LogP contribution in [-0.4, -0.2) is 37.0 Å². The molecule has 0 aliphatic carbocycles. The van der Waals surface area contributed by atoms with Gasteiger partial charge >= 0.3 is 6.18 Å². The number of carbonyl (C=O) groups excluding carboxylic acids is 2. The number of nitrogens with zero attached hydrogens (tertiary/aromatic N) is 6. The Morgan fingerprint density at radius 3 is 2.35 bits per heavy atom. The number of halogens is 4. The predicted octanol–water partition coefficient (Wildman–Crippen LogP) is 4.98. The molecule has 0 unspecified atom stereocenters. The standard InChI is InChI=1S/C30H23F4N7O2/c31-25-12-5-4-11-24(25)28-37-39-40(38-28)19-26(42)41(23-10-6-9-22(17-23)30(32,33)34)27(21-13-15-35-16-14-21)29(43)36-18-20-7-2-1-3-8-20/h1-17,27H,18-19H2,(H,36,43)/t27-/m1/s1. The number of tetrazole rings is 1. The summed E-state index contributed by atoms with van der Waals surface area (Å²) in [6, 6.07) is 20.4. The third kappa shape index (κ3) is 6.89. The van der Waals surface area contributed by atoms with Crippen LogP contribution >= 0.6 is 0 Å². The first-order chi connectivity index (χ1) is 20.7. The van der Waals surface area contributed by atoms with E-state index in [1.54, 1.807) is 30.3 Å².